The molecule has 1 N–H and O–H groups in total. The largest absolute Gasteiger partial charge is 0.352 e. The van der Waals surface area contributed by atoms with Gasteiger partial charge in [0.25, 0.3) is 5.91 Å². The number of carbonyl (C=O) groups is 2. The molecule has 0 unspecified atom stereocenters. The highest BCUT2D eigenvalue weighted by Gasteiger charge is 2.24. The number of piperidine rings is 1. The molecule has 0 bridgehead atoms. The molecule has 1 atom stereocenters. The molecule has 2 aromatic rings. The number of likely N-dealkylation sites (tertiary alicyclic amines) is 1. The fraction of sp³-hybridized carbons (Fsp3) is 0.417. The van der Waals surface area contributed by atoms with Crippen molar-refractivity contribution < 1.29 is 9.59 Å². The molecule has 0 spiro atoms. The van der Waals surface area contributed by atoms with Crippen molar-refractivity contribution in [3.63, 3.8) is 0 Å². The summed E-state index contributed by atoms with van der Waals surface area (Å²) in [7, 11) is 0. The molecule has 154 valence electrons. The first kappa shape index (κ1) is 21.4. The zero-order valence-electron chi connectivity index (χ0n) is 16.8. The van der Waals surface area contributed by atoms with E-state index in [1.165, 1.54) is 5.56 Å². The van der Waals surface area contributed by atoms with Gasteiger partial charge in [-0.05, 0) is 55.7 Å². The minimum Gasteiger partial charge on any atom is -0.352 e. The van der Waals surface area contributed by atoms with Crippen LogP contribution < -0.4 is 5.32 Å². The lowest BCUT2D eigenvalue weighted by molar-refractivity contribution is -0.133. The summed E-state index contributed by atoms with van der Waals surface area (Å²) in [5, 5.41) is 3.44. The van der Waals surface area contributed by atoms with Crippen molar-refractivity contribution in [2.75, 3.05) is 19.6 Å². The molecule has 2 aromatic carbocycles. The van der Waals surface area contributed by atoms with Crippen molar-refractivity contribution in [1.82, 2.24) is 10.2 Å². The van der Waals surface area contributed by atoms with E-state index in [1.54, 1.807) is 18.2 Å². The second kappa shape index (κ2) is 11.0. The van der Waals surface area contributed by atoms with Gasteiger partial charge in [0.1, 0.15) is 0 Å². The van der Waals surface area contributed by atoms with Crippen LogP contribution in [-0.4, -0.2) is 36.3 Å². The average molecular weight is 413 g/mol. The predicted molar refractivity (Wildman–Crippen MR) is 117 cm³/mol. The molecule has 0 aliphatic carbocycles. The molecule has 29 heavy (non-hydrogen) atoms. The van der Waals surface area contributed by atoms with Crippen LogP contribution in [0.15, 0.2) is 54.6 Å². The smallest absolute Gasteiger partial charge is 0.252 e. The Bertz CT molecular complexity index is 810. The van der Waals surface area contributed by atoms with Crippen molar-refractivity contribution in [3.8, 4) is 0 Å². The van der Waals surface area contributed by atoms with Crippen molar-refractivity contribution in [3.05, 3.63) is 70.7 Å². The molecule has 3 rings (SSSR count). The number of halogens is 1. The van der Waals surface area contributed by atoms with Crippen molar-refractivity contribution in [2.24, 2.45) is 5.92 Å². The fourth-order valence-corrected chi connectivity index (χ4v) is 4.07. The van der Waals surface area contributed by atoms with E-state index in [0.29, 0.717) is 29.5 Å². The van der Waals surface area contributed by atoms with Gasteiger partial charge in [-0.15, -0.1) is 0 Å². The van der Waals surface area contributed by atoms with E-state index in [0.717, 1.165) is 45.2 Å². The SMILES string of the molecule is O=C(NC[C@@H]1CCCN(C(=O)CCCCc2ccccc2)C1)c1ccccc1Cl. The number of aryl methyl sites for hydroxylation is 1. The van der Waals surface area contributed by atoms with Crippen LogP contribution in [0.5, 0.6) is 0 Å². The summed E-state index contributed by atoms with van der Waals surface area (Å²) in [4.78, 5) is 26.9. The first-order valence-electron chi connectivity index (χ1n) is 10.5. The van der Waals surface area contributed by atoms with Gasteiger partial charge in [0, 0.05) is 26.1 Å². The molecule has 0 aromatic heterocycles. The van der Waals surface area contributed by atoms with Crippen LogP contribution in [0.1, 0.15) is 48.0 Å². The monoisotopic (exact) mass is 412 g/mol. The normalized spacial score (nSPS) is 16.4. The Balaban J connectivity index is 1.38. The van der Waals surface area contributed by atoms with E-state index < -0.39 is 0 Å². The van der Waals surface area contributed by atoms with E-state index in [9.17, 15) is 9.59 Å². The number of rotatable bonds is 8. The topological polar surface area (TPSA) is 49.4 Å². The Labute approximate surface area is 178 Å². The van der Waals surface area contributed by atoms with Crippen LogP contribution in [0.4, 0.5) is 0 Å². The molecule has 0 radical (unpaired) electrons. The molecule has 1 heterocycles. The third-order valence-electron chi connectivity index (χ3n) is 5.49. The number of hydrogen-bond donors (Lipinski definition) is 1. The van der Waals surface area contributed by atoms with Crippen LogP contribution in [0.2, 0.25) is 5.02 Å². The van der Waals surface area contributed by atoms with Crippen LogP contribution in [0.3, 0.4) is 0 Å². The lowest BCUT2D eigenvalue weighted by atomic mass is 9.97. The minimum atomic E-state index is -0.153. The van der Waals surface area contributed by atoms with Crippen molar-refractivity contribution in [1.29, 1.82) is 0 Å². The van der Waals surface area contributed by atoms with Crippen molar-refractivity contribution >= 4 is 23.4 Å². The van der Waals surface area contributed by atoms with Crippen molar-refractivity contribution in [2.45, 2.75) is 38.5 Å². The maximum atomic E-state index is 12.6. The summed E-state index contributed by atoms with van der Waals surface area (Å²) < 4.78 is 0. The standard InChI is InChI=1S/C24H29ClN2O2/c25-22-14-6-5-13-21(22)24(29)26-17-20-12-8-16-27(18-20)23(28)15-7-4-11-19-9-2-1-3-10-19/h1-3,5-6,9-10,13-14,20H,4,7-8,11-12,15-18H2,(H,26,29)/t20-/m0/s1. The Hall–Kier alpha value is -2.33. The molecule has 5 heteroatoms. The summed E-state index contributed by atoms with van der Waals surface area (Å²) >= 11 is 6.09. The van der Waals surface area contributed by atoms with Gasteiger partial charge in [-0.25, -0.2) is 0 Å². The maximum absolute atomic E-state index is 12.6. The number of amides is 2. The summed E-state index contributed by atoms with van der Waals surface area (Å²) in [6, 6.07) is 17.5. The van der Waals surface area contributed by atoms with Crippen LogP contribution >= 0.6 is 11.6 Å². The zero-order valence-corrected chi connectivity index (χ0v) is 17.5. The second-order valence-corrected chi connectivity index (χ2v) is 8.14. The van der Waals surface area contributed by atoms with Gasteiger partial charge in [-0.3, -0.25) is 9.59 Å². The molecule has 2 amide bonds. The Morgan fingerprint density at radius 1 is 1.03 bits per heavy atom. The summed E-state index contributed by atoms with van der Waals surface area (Å²) in [6.45, 7) is 2.12. The van der Waals surface area contributed by atoms with Gasteiger partial charge in [-0.1, -0.05) is 54.1 Å². The van der Waals surface area contributed by atoms with E-state index in [2.05, 4.69) is 29.6 Å². The summed E-state index contributed by atoms with van der Waals surface area (Å²) in [5.74, 6) is 0.378. The molecular formula is C24H29ClN2O2. The molecular weight excluding hydrogens is 384 g/mol. The first-order chi connectivity index (χ1) is 14.1. The minimum absolute atomic E-state index is 0.153. The average Bonchev–Trinajstić information content (AvgIpc) is 2.76. The molecule has 4 nitrogen and oxygen atoms in total. The first-order valence-corrected chi connectivity index (χ1v) is 10.9. The molecule has 1 aliphatic rings. The Morgan fingerprint density at radius 3 is 2.59 bits per heavy atom. The highest BCUT2D eigenvalue weighted by Crippen LogP contribution is 2.19. The van der Waals surface area contributed by atoms with E-state index in [4.69, 9.17) is 11.6 Å². The quantitative estimate of drug-likeness (QED) is 0.637. The van der Waals surface area contributed by atoms with Gasteiger partial charge in [0.15, 0.2) is 0 Å². The molecule has 1 saturated heterocycles. The van der Waals surface area contributed by atoms with Crippen LogP contribution in [0, 0.1) is 5.92 Å². The number of unbranched alkanes of at least 4 members (excludes halogenated alkanes) is 1. The number of benzene rings is 2. The molecule has 1 fully saturated rings. The number of carbonyl (C=O) groups excluding carboxylic acids is 2. The van der Waals surface area contributed by atoms with Gasteiger partial charge in [0.05, 0.1) is 10.6 Å². The lowest BCUT2D eigenvalue weighted by Crippen LogP contribution is -2.43. The third-order valence-corrected chi connectivity index (χ3v) is 5.82. The number of nitrogens with zero attached hydrogens (tertiary/aromatic N) is 1. The second-order valence-electron chi connectivity index (χ2n) is 7.73. The number of hydrogen-bond acceptors (Lipinski definition) is 2. The van der Waals surface area contributed by atoms with E-state index in [1.807, 2.05) is 17.0 Å². The van der Waals surface area contributed by atoms with Gasteiger partial charge >= 0.3 is 0 Å². The highest BCUT2D eigenvalue weighted by molar-refractivity contribution is 6.33. The van der Waals surface area contributed by atoms with Crippen LogP contribution in [-0.2, 0) is 11.2 Å². The third kappa shape index (κ3) is 6.60. The van der Waals surface area contributed by atoms with Gasteiger partial charge < -0.3 is 10.2 Å². The summed E-state index contributed by atoms with van der Waals surface area (Å²) in [6.07, 6.45) is 5.58. The van der Waals surface area contributed by atoms with Gasteiger partial charge in [0.2, 0.25) is 5.91 Å². The Morgan fingerprint density at radius 2 is 1.79 bits per heavy atom. The zero-order chi connectivity index (χ0) is 20.5. The van der Waals surface area contributed by atoms with Gasteiger partial charge in [-0.2, -0.15) is 0 Å². The molecule has 0 saturated carbocycles. The van der Waals surface area contributed by atoms with E-state index >= 15 is 0 Å². The highest BCUT2D eigenvalue weighted by atomic mass is 35.5. The maximum Gasteiger partial charge on any atom is 0.252 e. The fourth-order valence-electron chi connectivity index (χ4n) is 3.84. The summed E-state index contributed by atoms with van der Waals surface area (Å²) in [5.41, 5.74) is 1.82. The lowest BCUT2D eigenvalue weighted by Gasteiger charge is -2.33. The Kier molecular flexibility index (Phi) is 8.12. The molecule has 1 aliphatic heterocycles. The van der Waals surface area contributed by atoms with E-state index in [-0.39, 0.29) is 11.8 Å². The number of nitrogens with one attached hydrogen (secondary N) is 1. The predicted octanol–water partition coefficient (Wildman–Crippen LogP) is 4.72. The van der Waals surface area contributed by atoms with Crippen LogP contribution in [0.25, 0.3) is 0 Å².